The zero-order valence-electron chi connectivity index (χ0n) is 9.14. The van der Waals surface area contributed by atoms with Crippen molar-refractivity contribution in [3.05, 3.63) is 12.7 Å². The van der Waals surface area contributed by atoms with Gasteiger partial charge in [0.05, 0.1) is 0 Å². The largest absolute Gasteiger partial charge is 0.396 e. The Morgan fingerprint density at radius 1 is 1.46 bits per heavy atom. The lowest BCUT2D eigenvalue weighted by Crippen LogP contribution is -2.40. The molecule has 0 aromatic heterocycles. The second kappa shape index (κ2) is 3.45. The molecule has 2 unspecified atom stereocenters. The van der Waals surface area contributed by atoms with Crippen molar-refractivity contribution in [3.8, 4) is 0 Å². The number of rotatable bonds is 3. The molecule has 1 N–H and O–H groups in total. The predicted octanol–water partition coefficient (Wildman–Crippen LogP) is 3.00. The smallest absolute Gasteiger partial charge is 0.0493 e. The number of allylic oxidation sites excluding steroid dienone is 1. The molecule has 1 aliphatic rings. The SMILES string of the molecule is C=CC1(C(C)C)CCCC1(C)CO. The Morgan fingerprint density at radius 2 is 2.08 bits per heavy atom. The molecule has 13 heavy (non-hydrogen) atoms. The highest BCUT2D eigenvalue weighted by Crippen LogP contribution is 2.57. The molecule has 0 radical (unpaired) electrons. The maximum Gasteiger partial charge on any atom is 0.0493 e. The Morgan fingerprint density at radius 3 is 2.38 bits per heavy atom. The van der Waals surface area contributed by atoms with Gasteiger partial charge in [-0.1, -0.05) is 33.3 Å². The molecular weight excluding hydrogens is 160 g/mol. The van der Waals surface area contributed by atoms with E-state index in [4.69, 9.17) is 0 Å². The molecule has 1 fully saturated rings. The molecule has 1 heteroatoms. The fourth-order valence-electron chi connectivity index (χ4n) is 3.10. The fraction of sp³-hybridized carbons (Fsp3) is 0.833. The molecule has 76 valence electrons. The van der Waals surface area contributed by atoms with E-state index in [1.54, 1.807) is 0 Å². The summed E-state index contributed by atoms with van der Waals surface area (Å²) in [6.07, 6.45) is 5.63. The highest BCUT2D eigenvalue weighted by molar-refractivity contribution is 5.10. The first-order valence-corrected chi connectivity index (χ1v) is 5.27. The van der Waals surface area contributed by atoms with Gasteiger partial charge in [0.25, 0.3) is 0 Å². The van der Waals surface area contributed by atoms with Crippen LogP contribution in [0.3, 0.4) is 0 Å². The molecule has 2 atom stereocenters. The minimum absolute atomic E-state index is 0.0584. The monoisotopic (exact) mass is 182 g/mol. The highest BCUT2D eigenvalue weighted by Gasteiger charge is 2.50. The van der Waals surface area contributed by atoms with Crippen molar-refractivity contribution in [2.45, 2.75) is 40.0 Å². The molecule has 0 heterocycles. The van der Waals surface area contributed by atoms with Crippen molar-refractivity contribution in [2.24, 2.45) is 16.7 Å². The van der Waals surface area contributed by atoms with Crippen molar-refractivity contribution < 1.29 is 5.11 Å². The van der Waals surface area contributed by atoms with Crippen LogP contribution in [0.1, 0.15) is 40.0 Å². The Kier molecular flexibility index (Phi) is 2.86. The van der Waals surface area contributed by atoms with E-state index in [-0.39, 0.29) is 17.4 Å². The van der Waals surface area contributed by atoms with Gasteiger partial charge in [-0.05, 0) is 29.6 Å². The third kappa shape index (κ3) is 1.34. The lowest BCUT2D eigenvalue weighted by molar-refractivity contribution is 0.0256. The summed E-state index contributed by atoms with van der Waals surface area (Å²) in [5, 5.41) is 9.49. The molecule has 0 aromatic rings. The van der Waals surface area contributed by atoms with Gasteiger partial charge in [-0.25, -0.2) is 0 Å². The summed E-state index contributed by atoms with van der Waals surface area (Å²) in [7, 11) is 0. The first kappa shape index (κ1) is 10.8. The average molecular weight is 182 g/mol. The summed E-state index contributed by atoms with van der Waals surface area (Å²) in [4.78, 5) is 0. The first-order chi connectivity index (χ1) is 6.02. The van der Waals surface area contributed by atoms with E-state index in [0.717, 1.165) is 6.42 Å². The molecule has 1 nitrogen and oxygen atoms in total. The van der Waals surface area contributed by atoms with Crippen LogP contribution >= 0.6 is 0 Å². The van der Waals surface area contributed by atoms with Crippen LogP contribution in [0.2, 0.25) is 0 Å². The molecule has 0 aliphatic heterocycles. The third-order valence-electron chi connectivity index (χ3n) is 4.19. The molecule has 0 aromatic carbocycles. The van der Waals surface area contributed by atoms with Crippen molar-refractivity contribution in [2.75, 3.05) is 6.61 Å². The molecule has 0 saturated heterocycles. The van der Waals surface area contributed by atoms with E-state index in [9.17, 15) is 5.11 Å². The van der Waals surface area contributed by atoms with E-state index in [2.05, 4.69) is 33.4 Å². The van der Waals surface area contributed by atoms with Crippen molar-refractivity contribution in [1.29, 1.82) is 0 Å². The number of aliphatic hydroxyl groups excluding tert-OH is 1. The van der Waals surface area contributed by atoms with Gasteiger partial charge in [-0.3, -0.25) is 0 Å². The Bertz CT molecular complexity index is 197. The molecule has 1 saturated carbocycles. The van der Waals surface area contributed by atoms with Crippen LogP contribution in [0.5, 0.6) is 0 Å². The van der Waals surface area contributed by atoms with Gasteiger partial charge in [0.15, 0.2) is 0 Å². The fourth-order valence-corrected chi connectivity index (χ4v) is 3.10. The summed E-state index contributed by atoms with van der Waals surface area (Å²) >= 11 is 0. The summed E-state index contributed by atoms with van der Waals surface area (Å²) < 4.78 is 0. The lowest BCUT2D eigenvalue weighted by atomic mass is 9.61. The zero-order chi connectivity index (χ0) is 10.1. The molecule has 0 spiro atoms. The minimum Gasteiger partial charge on any atom is -0.396 e. The second-order valence-electron chi connectivity index (χ2n) is 4.97. The molecule has 0 bridgehead atoms. The normalized spacial score (nSPS) is 39.8. The summed E-state index contributed by atoms with van der Waals surface area (Å²) in [6, 6.07) is 0. The summed E-state index contributed by atoms with van der Waals surface area (Å²) in [6.45, 7) is 10.9. The average Bonchev–Trinajstić information content (AvgIpc) is 2.44. The maximum absolute atomic E-state index is 9.49. The van der Waals surface area contributed by atoms with Gasteiger partial charge in [0.2, 0.25) is 0 Å². The molecular formula is C12H22O. The van der Waals surface area contributed by atoms with Crippen molar-refractivity contribution in [1.82, 2.24) is 0 Å². The molecule has 1 rings (SSSR count). The van der Waals surface area contributed by atoms with Crippen LogP contribution in [0.25, 0.3) is 0 Å². The van der Waals surface area contributed by atoms with Gasteiger partial charge in [-0.15, -0.1) is 6.58 Å². The van der Waals surface area contributed by atoms with Crippen LogP contribution in [-0.4, -0.2) is 11.7 Å². The maximum atomic E-state index is 9.49. The van der Waals surface area contributed by atoms with Gasteiger partial charge in [-0.2, -0.15) is 0 Å². The van der Waals surface area contributed by atoms with E-state index >= 15 is 0 Å². The summed E-state index contributed by atoms with van der Waals surface area (Å²) in [5.41, 5.74) is 0.213. The molecule has 1 aliphatic carbocycles. The third-order valence-corrected chi connectivity index (χ3v) is 4.19. The van der Waals surface area contributed by atoms with Gasteiger partial charge in [0, 0.05) is 6.61 Å². The quantitative estimate of drug-likeness (QED) is 0.665. The van der Waals surface area contributed by atoms with Crippen molar-refractivity contribution >= 4 is 0 Å². The van der Waals surface area contributed by atoms with E-state index in [1.807, 2.05) is 0 Å². The summed E-state index contributed by atoms with van der Waals surface area (Å²) in [5.74, 6) is 0.574. The van der Waals surface area contributed by atoms with Gasteiger partial charge < -0.3 is 5.11 Å². The number of hydrogen-bond donors (Lipinski definition) is 1. The van der Waals surface area contributed by atoms with Gasteiger partial charge >= 0.3 is 0 Å². The van der Waals surface area contributed by atoms with E-state index in [0.29, 0.717) is 5.92 Å². The lowest BCUT2D eigenvalue weighted by Gasteiger charge is -2.44. The standard InChI is InChI=1S/C12H22O/c1-5-12(10(2)3)8-6-7-11(12,4)9-13/h5,10,13H,1,6-9H2,2-4H3. The van der Waals surface area contributed by atoms with Crippen LogP contribution < -0.4 is 0 Å². The van der Waals surface area contributed by atoms with Crippen LogP contribution in [0, 0.1) is 16.7 Å². The number of aliphatic hydroxyl groups is 1. The highest BCUT2D eigenvalue weighted by atomic mass is 16.3. The Labute approximate surface area is 81.9 Å². The first-order valence-electron chi connectivity index (χ1n) is 5.27. The van der Waals surface area contributed by atoms with Crippen LogP contribution in [-0.2, 0) is 0 Å². The van der Waals surface area contributed by atoms with E-state index < -0.39 is 0 Å². The van der Waals surface area contributed by atoms with Crippen LogP contribution in [0.15, 0.2) is 12.7 Å². The Hall–Kier alpha value is -0.300. The minimum atomic E-state index is 0.0584. The zero-order valence-corrected chi connectivity index (χ0v) is 9.14. The number of hydrogen-bond acceptors (Lipinski definition) is 1. The second-order valence-corrected chi connectivity index (χ2v) is 4.97. The van der Waals surface area contributed by atoms with Crippen molar-refractivity contribution in [3.63, 3.8) is 0 Å². The topological polar surface area (TPSA) is 20.2 Å². The predicted molar refractivity (Wildman–Crippen MR) is 56.5 cm³/mol. The van der Waals surface area contributed by atoms with E-state index in [1.165, 1.54) is 12.8 Å². The van der Waals surface area contributed by atoms with Crippen LogP contribution in [0.4, 0.5) is 0 Å². The molecule has 0 amide bonds. The Balaban J connectivity index is 3.03. The van der Waals surface area contributed by atoms with Gasteiger partial charge in [0.1, 0.15) is 0 Å².